The summed E-state index contributed by atoms with van der Waals surface area (Å²) >= 11 is 0. The van der Waals surface area contributed by atoms with Gasteiger partial charge in [-0.1, -0.05) is 12.6 Å². The first-order chi connectivity index (χ1) is 13.1. The number of fused-ring (bicyclic) bond motifs is 4. The predicted octanol–water partition coefficient (Wildman–Crippen LogP) is 2.20. The lowest BCUT2D eigenvalue weighted by atomic mass is 10.1. The second-order valence-electron chi connectivity index (χ2n) is 7.07. The normalized spacial score (nSPS) is 18.7. The van der Waals surface area contributed by atoms with Crippen LogP contribution in [0.5, 0.6) is 0 Å². The monoisotopic (exact) mass is 364 g/mol. The number of nitrogens with zero attached hydrogens (tertiary/aromatic N) is 5. The second-order valence-corrected chi connectivity index (χ2v) is 7.07. The van der Waals surface area contributed by atoms with Crippen LogP contribution in [-0.4, -0.2) is 60.2 Å². The molecule has 140 valence electrons. The van der Waals surface area contributed by atoms with Gasteiger partial charge in [0.2, 0.25) is 0 Å². The summed E-state index contributed by atoms with van der Waals surface area (Å²) < 4.78 is 0. The molecule has 2 atom stereocenters. The van der Waals surface area contributed by atoms with Crippen LogP contribution in [0, 0.1) is 0 Å². The standard InChI is InChI=1S/C20H24N6O/c1-4-18(23-17-7-5-6-11-21-17)26-14-10-12-25(13-14)16-9-8-15(22-19(16)26)20(27)24(2)3/h4-9,11,14,18H,1,10,12-13H2,2-3H3,(H,21,23)/t14-,18?/m0/s1. The lowest BCUT2D eigenvalue weighted by Crippen LogP contribution is -2.51. The average molecular weight is 364 g/mol. The molecule has 1 amide bonds. The average Bonchev–Trinajstić information content (AvgIpc) is 3.11. The van der Waals surface area contributed by atoms with E-state index in [0.29, 0.717) is 11.7 Å². The van der Waals surface area contributed by atoms with E-state index in [2.05, 4.69) is 26.7 Å². The third-order valence-corrected chi connectivity index (χ3v) is 5.11. The van der Waals surface area contributed by atoms with Gasteiger partial charge < -0.3 is 20.0 Å². The van der Waals surface area contributed by atoms with E-state index < -0.39 is 0 Å². The molecular weight excluding hydrogens is 340 g/mol. The fourth-order valence-electron chi connectivity index (χ4n) is 3.79. The molecule has 7 nitrogen and oxygen atoms in total. The molecule has 0 spiro atoms. The van der Waals surface area contributed by atoms with Crippen molar-refractivity contribution >= 4 is 23.2 Å². The molecule has 4 rings (SSSR count). The Morgan fingerprint density at radius 2 is 2.22 bits per heavy atom. The van der Waals surface area contributed by atoms with Crippen LogP contribution in [0.15, 0.2) is 49.2 Å². The SMILES string of the molecule is C=CC(Nc1ccccn1)N1c2nc(C(=O)N(C)C)ccc2N2CC[C@H]1C2. The Morgan fingerprint density at radius 1 is 1.37 bits per heavy atom. The maximum atomic E-state index is 12.4. The molecule has 0 saturated carbocycles. The number of rotatable bonds is 5. The molecule has 7 heteroatoms. The largest absolute Gasteiger partial charge is 0.366 e. The van der Waals surface area contributed by atoms with Crippen LogP contribution in [0.3, 0.4) is 0 Å². The third-order valence-electron chi connectivity index (χ3n) is 5.11. The summed E-state index contributed by atoms with van der Waals surface area (Å²) in [5, 5.41) is 3.44. The molecular formula is C20H24N6O. The van der Waals surface area contributed by atoms with Crippen molar-refractivity contribution in [1.82, 2.24) is 14.9 Å². The molecule has 2 aromatic heterocycles. The Morgan fingerprint density at radius 3 is 2.93 bits per heavy atom. The number of carbonyl (C=O) groups excluding carboxylic acids is 1. The smallest absolute Gasteiger partial charge is 0.272 e. The molecule has 0 radical (unpaired) electrons. The van der Waals surface area contributed by atoms with E-state index in [1.54, 1.807) is 25.2 Å². The highest BCUT2D eigenvalue weighted by Crippen LogP contribution is 2.40. The number of hydrogen-bond acceptors (Lipinski definition) is 6. The zero-order valence-electron chi connectivity index (χ0n) is 15.7. The van der Waals surface area contributed by atoms with Gasteiger partial charge in [-0.25, -0.2) is 9.97 Å². The Bertz CT molecular complexity index is 853. The Labute approximate surface area is 159 Å². The first kappa shape index (κ1) is 17.3. The van der Waals surface area contributed by atoms with Gasteiger partial charge in [0, 0.05) is 33.4 Å². The summed E-state index contributed by atoms with van der Waals surface area (Å²) in [7, 11) is 3.48. The topological polar surface area (TPSA) is 64.6 Å². The first-order valence-corrected chi connectivity index (χ1v) is 9.14. The minimum atomic E-state index is -0.166. The van der Waals surface area contributed by atoms with Crippen molar-refractivity contribution in [3.05, 3.63) is 54.9 Å². The third kappa shape index (κ3) is 3.09. The van der Waals surface area contributed by atoms with E-state index in [4.69, 9.17) is 4.98 Å². The molecule has 2 aliphatic rings. The predicted molar refractivity (Wildman–Crippen MR) is 107 cm³/mol. The van der Waals surface area contributed by atoms with Crippen LogP contribution in [0.1, 0.15) is 16.9 Å². The Hall–Kier alpha value is -3.09. The summed E-state index contributed by atoms with van der Waals surface area (Å²) in [5.74, 6) is 1.51. The summed E-state index contributed by atoms with van der Waals surface area (Å²) in [6, 6.07) is 9.90. The van der Waals surface area contributed by atoms with Crippen LogP contribution in [0.4, 0.5) is 17.3 Å². The van der Waals surface area contributed by atoms with Crippen LogP contribution in [-0.2, 0) is 0 Å². The maximum Gasteiger partial charge on any atom is 0.272 e. The van der Waals surface area contributed by atoms with Gasteiger partial charge in [0.25, 0.3) is 5.91 Å². The van der Waals surface area contributed by atoms with E-state index in [9.17, 15) is 4.79 Å². The van der Waals surface area contributed by atoms with Crippen molar-refractivity contribution in [3.63, 3.8) is 0 Å². The Kier molecular flexibility index (Phi) is 4.43. The highest BCUT2D eigenvalue weighted by atomic mass is 16.2. The number of amides is 1. The highest BCUT2D eigenvalue weighted by molar-refractivity contribution is 5.93. The molecule has 2 aliphatic heterocycles. The summed E-state index contributed by atoms with van der Waals surface area (Å²) in [4.78, 5) is 27.7. The minimum Gasteiger partial charge on any atom is -0.366 e. The number of nitrogens with one attached hydrogen (secondary N) is 1. The molecule has 2 aromatic rings. The molecule has 1 N–H and O–H groups in total. The van der Waals surface area contributed by atoms with Gasteiger partial charge in [0.05, 0.1) is 11.7 Å². The van der Waals surface area contributed by atoms with Crippen molar-refractivity contribution in [2.45, 2.75) is 18.6 Å². The van der Waals surface area contributed by atoms with Crippen LogP contribution < -0.4 is 15.1 Å². The zero-order chi connectivity index (χ0) is 19.0. The summed E-state index contributed by atoms with van der Waals surface area (Å²) in [6.45, 7) is 5.96. The first-order valence-electron chi connectivity index (χ1n) is 9.14. The fraction of sp³-hybridized carbons (Fsp3) is 0.350. The van der Waals surface area contributed by atoms with Gasteiger partial charge >= 0.3 is 0 Å². The van der Waals surface area contributed by atoms with Gasteiger partial charge in [0.1, 0.15) is 17.7 Å². The number of carbonyl (C=O) groups is 1. The van der Waals surface area contributed by atoms with E-state index in [-0.39, 0.29) is 12.1 Å². The van der Waals surface area contributed by atoms with Crippen molar-refractivity contribution < 1.29 is 4.79 Å². The van der Waals surface area contributed by atoms with E-state index in [1.165, 1.54) is 0 Å². The zero-order valence-corrected chi connectivity index (χ0v) is 15.7. The van der Waals surface area contributed by atoms with E-state index >= 15 is 0 Å². The van der Waals surface area contributed by atoms with E-state index in [0.717, 1.165) is 36.8 Å². The lowest BCUT2D eigenvalue weighted by molar-refractivity contribution is 0.0822. The van der Waals surface area contributed by atoms with Gasteiger partial charge in [-0.2, -0.15) is 0 Å². The van der Waals surface area contributed by atoms with Crippen LogP contribution in [0.2, 0.25) is 0 Å². The highest BCUT2D eigenvalue weighted by Gasteiger charge is 2.40. The number of aromatic nitrogens is 2. The van der Waals surface area contributed by atoms with Crippen molar-refractivity contribution in [2.75, 3.05) is 42.3 Å². The number of anilines is 3. The molecule has 1 unspecified atom stereocenters. The van der Waals surface area contributed by atoms with Crippen LogP contribution in [0.25, 0.3) is 0 Å². The molecule has 27 heavy (non-hydrogen) atoms. The lowest BCUT2D eigenvalue weighted by Gasteiger charge is -2.41. The van der Waals surface area contributed by atoms with Crippen molar-refractivity contribution in [2.24, 2.45) is 0 Å². The van der Waals surface area contributed by atoms with Gasteiger partial charge in [0.15, 0.2) is 5.82 Å². The van der Waals surface area contributed by atoms with Gasteiger partial charge in [-0.15, -0.1) is 0 Å². The van der Waals surface area contributed by atoms with Crippen LogP contribution >= 0.6 is 0 Å². The van der Waals surface area contributed by atoms with Crippen molar-refractivity contribution in [1.29, 1.82) is 0 Å². The molecule has 0 aromatic carbocycles. The summed E-state index contributed by atoms with van der Waals surface area (Å²) in [5.41, 5.74) is 1.51. The molecule has 1 fully saturated rings. The number of pyridine rings is 2. The summed E-state index contributed by atoms with van der Waals surface area (Å²) in [6.07, 6.45) is 4.51. The molecule has 0 aliphatic carbocycles. The molecule has 4 heterocycles. The number of hydrogen-bond donors (Lipinski definition) is 1. The molecule has 1 saturated heterocycles. The van der Waals surface area contributed by atoms with Gasteiger partial charge in [-0.3, -0.25) is 4.79 Å². The van der Waals surface area contributed by atoms with E-state index in [1.807, 2.05) is 36.4 Å². The quantitative estimate of drug-likeness (QED) is 0.821. The maximum absolute atomic E-state index is 12.4. The fourth-order valence-corrected chi connectivity index (χ4v) is 3.79. The molecule has 2 bridgehead atoms. The Balaban J connectivity index is 1.73. The van der Waals surface area contributed by atoms with Crippen molar-refractivity contribution in [3.8, 4) is 0 Å². The minimum absolute atomic E-state index is 0.0986. The van der Waals surface area contributed by atoms with Gasteiger partial charge in [-0.05, 0) is 36.8 Å². The second kappa shape index (κ2) is 6.90.